The molecule has 4 nitrogen and oxygen atoms in total. The first-order valence-electron chi connectivity index (χ1n) is 5.58. The zero-order valence-electron chi connectivity index (χ0n) is 10.0. The number of carbonyl (C=O) groups is 1. The monoisotopic (exact) mass is 242 g/mol. The van der Waals surface area contributed by atoms with Crippen molar-refractivity contribution in [3.05, 3.63) is 60.2 Å². The second-order valence-corrected chi connectivity index (χ2v) is 3.81. The third-order valence-electron chi connectivity index (χ3n) is 2.31. The zero-order valence-corrected chi connectivity index (χ0v) is 10.0. The van der Waals surface area contributed by atoms with E-state index < -0.39 is 0 Å². The van der Waals surface area contributed by atoms with Crippen molar-refractivity contribution in [2.45, 2.75) is 6.92 Å². The van der Waals surface area contributed by atoms with Gasteiger partial charge >= 0.3 is 6.03 Å². The first-order valence-corrected chi connectivity index (χ1v) is 5.58. The van der Waals surface area contributed by atoms with Crippen LogP contribution in [0.4, 0.5) is 10.5 Å². The number of carbonyl (C=O) groups excluding carboxylic acids is 1. The summed E-state index contributed by atoms with van der Waals surface area (Å²) in [7, 11) is 0. The summed E-state index contributed by atoms with van der Waals surface area (Å²) < 4.78 is 5.09. The molecule has 2 amide bonds. The number of furan rings is 1. The Hall–Kier alpha value is -2.49. The Morgan fingerprint density at radius 1 is 1.22 bits per heavy atom. The molecule has 0 aliphatic heterocycles. The van der Waals surface area contributed by atoms with E-state index in [2.05, 4.69) is 10.6 Å². The van der Waals surface area contributed by atoms with Gasteiger partial charge in [0.1, 0.15) is 5.76 Å². The van der Waals surface area contributed by atoms with Crippen LogP contribution in [-0.4, -0.2) is 6.03 Å². The Kier molecular flexibility index (Phi) is 3.81. The van der Waals surface area contributed by atoms with Gasteiger partial charge in [0.05, 0.1) is 6.26 Å². The predicted octanol–water partition coefficient (Wildman–Crippen LogP) is 3.38. The molecule has 0 spiro atoms. The quantitative estimate of drug-likeness (QED) is 0.866. The van der Waals surface area contributed by atoms with Gasteiger partial charge in [0.25, 0.3) is 0 Å². The maximum absolute atomic E-state index is 11.5. The molecule has 92 valence electrons. The molecule has 18 heavy (non-hydrogen) atoms. The molecule has 0 atom stereocenters. The number of hydrogen-bond donors (Lipinski definition) is 2. The summed E-state index contributed by atoms with van der Waals surface area (Å²) in [4.78, 5) is 11.5. The summed E-state index contributed by atoms with van der Waals surface area (Å²) in [6, 6.07) is 10.9. The molecular formula is C14H14N2O2. The van der Waals surface area contributed by atoms with Gasteiger partial charge in [-0.05, 0) is 37.3 Å². The zero-order chi connectivity index (χ0) is 12.8. The fraction of sp³-hybridized carbons (Fsp3) is 0.0714. The molecule has 1 aromatic carbocycles. The number of nitrogens with one attached hydrogen (secondary N) is 2. The minimum absolute atomic E-state index is 0.290. The van der Waals surface area contributed by atoms with Crippen LogP contribution in [0.2, 0.25) is 0 Å². The third-order valence-corrected chi connectivity index (χ3v) is 2.31. The minimum Gasteiger partial charge on any atom is -0.465 e. The number of anilines is 1. The lowest BCUT2D eigenvalue weighted by Gasteiger charge is -2.04. The lowest BCUT2D eigenvalue weighted by atomic mass is 10.2. The highest BCUT2D eigenvalue weighted by molar-refractivity contribution is 5.90. The number of rotatable bonds is 3. The number of amides is 2. The summed E-state index contributed by atoms with van der Waals surface area (Å²) in [5, 5.41) is 5.31. The van der Waals surface area contributed by atoms with Crippen molar-refractivity contribution in [1.82, 2.24) is 5.32 Å². The fourth-order valence-electron chi connectivity index (χ4n) is 1.39. The van der Waals surface area contributed by atoms with Crippen LogP contribution in [0.1, 0.15) is 11.3 Å². The van der Waals surface area contributed by atoms with Gasteiger partial charge in [-0.15, -0.1) is 0 Å². The Labute approximate surface area is 105 Å². The molecule has 2 N–H and O–H groups in total. The molecule has 1 aromatic heterocycles. The van der Waals surface area contributed by atoms with Crippen LogP contribution < -0.4 is 10.6 Å². The summed E-state index contributed by atoms with van der Waals surface area (Å²) in [6.45, 7) is 2.00. The molecule has 0 bridgehead atoms. The van der Waals surface area contributed by atoms with Gasteiger partial charge < -0.3 is 15.1 Å². The second-order valence-electron chi connectivity index (χ2n) is 3.81. The Morgan fingerprint density at radius 3 is 2.67 bits per heavy atom. The largest absolute Gasteiger partial charge is 0.465 e. The summed E-state index contributed by atoms with van der Waals surface area (Å²) >= 11 is 0. The topological polar surface area (TPSA) is 54.3 Å². The van der Waals surface area contributed by atoms with Gasteiger partial charge in [-0.2, -0.15) is 0 Å². The predicted molar refractivity (Wildman–Crippen MR) is 71.1 cm³/mol. The van der Waals surface area contributed by atoms with Gasteiger partial charge in [0.2, 0.25) is 0 Å². The summed E-state index contributed by atoms with van der Waals surface area (Å²) in [5.41, 5.74) is 1.91. The SMILES string of the molecule is Cc1ccc(NC(=O)NC=Cc2ccco2)cc1. The van der Waals surface area contributed by atoms with E-state index in [4.69, 9.17) is 4.42 Å². The van der Waals surface area contributed by atoms with Crippen LogP contribution in [0.25, 0.3) is 6.08 Å². The molecule has 0 radical (unpaired) electrons. The smallest absolute Gasteiger partial charge is 0.323 e. The molecule has 0 unspecified atom stereocenters. The standard InChI is InChI=1S/C14H14N2O2/c1-11-4-6-12(7-5-11)16-14(17)15-9-8-13-3-2-10-18-13/h2-10H,1H3,(H2,15,16,17). The van der Waals surface area contributed by atoms with E-state index in [1.54, 1.807) is 24.5 Å². The molecule has 0 fully saturated rings. The van der Waals surface area contributed by atoms with E-state index in [9.17, 15) is 4.79 Å². The van der Waals surface area contributed by atoms with Crippen LogP contribution in [-0.2, 0) is 0 Å². The third kappa shape index (κ3) is 3.52. The van der Waals surface area contributed by atoms with Crippen molar-refractivity contribution in [2.24, 2.45) is 0 Å². The van der Waals surface area contributed by atoms with Crippen molar-refractivity contribution in [2.75, 3.05) is 5.32 Å². The van der Waals surface area contributed by atoms with E-state index in [-0.39, 0.29) is 6.03 Å². The number of aryl methyl sites for hydroxylation is 1. The van der Waals surface area contributed by atoms with E-state index in [0.29, 0.717) is 5.76 Å². The first-order chi connectivity index (χ1) is 8.74. The molecule has 2 rings (SSSR count). The van der Waals surface area contributed by atoms with Crippen molar-refractivity contribution in [3.63, 3.8) is 0 Å². The van der Waals surface area contributed by atoms with Crippen molar-refractivity contribution < 1.29 is 9.21 Å². The lowest BCUT2D eigenvalue weighted by Crippen LogP contribution is -2.23. The van der Waals surface area contributed by atoms with E-state index in [1.165, 1.54) is 6.20 Å². The highest BCUT2D eigenvalue weighted by Crippen LogP contribution is 2.08. The number of hydrogen-bond acceptors (Lipinski definition) is 2. The first kappa shape index (κ1) is 12.0. The highest BCUT2D eigenvalue weighted by atomic mass is 16.3. The Balaban J connectivity index is 1.84. The average molecular weight is 242 g/mol. The van der Waals surface area contributed by atoms with Crippen LogP contribution in [0.3, 0.4) is 0 Å². The molecule has 0 saturated heterocycles. The van der Waals surface area contributed by atoms with Crippen LogP contribution >= 0.6 is 0 Å². The van der Waals surface area contributed by atoms with E-state index >= 15 is 0 Å². The maximum atomic E-state index is 11.5. The van der Waals surface area contributed by atoms with Crippen LogP contribution in [0.5, 0.6) is 0 Å². The number of benzene rings is 1. The molecule has 4 heteroatoms. The van der Waals surface area contributed by atoms with Gasteiger partial charge in [-0.25, -0.2) is 4.79 Å². The molecule has 0 aliphatic carbocycles. The molecule has 0 aliphatic rings. The lowest BCUT2D eigenvalue weighted by molar-refractivity contribution is 0.255. The average Bonchev–Trinajstić information content (AvgIpc) is 2.85. The second kappa shape index (κ2) is 5.72. The number of urea groups is 1. The van der Waals surface area contributed by atoms with Gasteiger partial charge in [0, 0.05) is 11.9 Å². The highest BCUT2D eigenvalue weighted by Gasteiger charge is 1.98. The van der Waals surface area contributed by atoms with Gasteiger partial charge in [0.15, 0.2) is 0 Å². The molecule has 2 aromatic rings. The summed E-state index contributed by atoms with van der Waals surface area (Å²) in [6.07, 6.45) is 4.78. The van der Waals surface area contributed by atoms with Crippen LogP contribution in [0.15, 0.2) is 53.3 Å². The normalized spacial score (nSPS) is 10.5. The Morgan fingerprint density at radius 2 is 2.00 bits per heavy atom. The molecule has 1 heterocycles. The van der Waals surface area contributed by atoms with Crippen LogP contribution in [0, 0.1) is 6.92 Å². The minimum atomic E-state index is -0.290. The maximum Gasteiger partial charge on any atom is 0.323 e. The Bertz CT molecular complexity index is 527. The fourth-order valence-corrected chi connectivity index (χ4v) is 1.39. The van der Waals surface area contributed by atoms with Crippen molar-refractivity contribution >= 4 is 17.8 Å². The van der Waals surface area contributed by atoms with Crippen molar-refractivity contribution in [3.8, 4) is 0 Å². The molecule has 0 saturated carbocycles. The van der Waals surface area contributed by atoms with Gasteiger partial charge in [-0.1, -0.05) is 17.7 Å². The van der Waals surface area contributed by atoms with Crippen molar-refractivity contribution in [1.29, 1.82) is 0 Å². The molecular weight excluding hydrogens is 228 g/mol. The van der Waals surface area contributed by atoms with Gasteiger partial charge in [-0.3, -0.25) is 0 Å². The summed E-state index contributed by atoms with van der Waals surface area (Å²) in [5.74, 6) is 0.686. The van der Waals surface area contributed by atoms with E-state index in [1.807, 2.05) is 31.2 Å². The van der Waals surface area contributed by atoms with E-state index in [0.717, 1.165) is 11.3 Å².